The van der Waals surface area contributed by atoms with Crippen LogP contribution in [0.1, 0.15) is 0 Å². The lowest BCUT2D eigenvalue weighted by Crippen LogP contribution is -2.00. The SMILES string of the molecule is [S]CC1CSCS1. The van der Waals surface area contributed by atoms with Crippen LogP contribution < -0.4 is 0 Å². The van der Waals surface area contributed by atoms with Crippen molar-refractivity contribution in [1.82, 2.24) is 0 Å². The number of rotatable bonds is 1. The average molecular weight is 151 g/mol. The molecule has 3 heteroatoms. The summed E-state index contributed by atoms with van der Waals surface area (Å²) in [6, 6.07) is 0. The summed E-state index contributed by atoms with van der Waals surface area (Å²) in [5.74, 6) is 2.23. The third-order valence-corrected chi connectivity index (χ3v) is 4.35. The van der Waals surface area contributed by atoms with Crippen LogP contribution in [0.5, 0.6) is 0 Å². The fourth-order valence-corrected chi connectivity index (χ4v) is 3.71. The van der Waals surface area contributed by atoms with E-state index in [-0.39, 0.29) is 0 Å². The monoisotopic (exact) mass is 151 g/mol. The molecule has 1 fully saturated rings. The quantitative estimate of drug-likeness (QED) is 0.562. The van der Waals surface area contributed by atoms with Crippen LogP contribution in [0, 0.1) is 0 Å². The molecule has 0 aliphatic carbocycles. The second-order valence-electron chi connectivity index (χ2n) is 1.44. The van der Waals surface area contributed by atoms with Crippen LogP contribution in [-0.2, 0) is 0 Å². The molecule has 1 unspecified atom stereocenters. The molecule has 0 aromatic rings. The van der Waals surface area contributed by atoms with E-state index in [2.05, 4.69) is 0 Å². The highest BCUT2D eigenvalue weighted by Crippen LogP contribution is 2.29. The molecule has 0 nitrogen and oxygen atoms in total. The van der Waals surface area contributed by atoms with Crippen LogP contribution in [0.25, 0.3) is 0 Å². The van der Waals surface area contributed by atoms with Crippen molar-refractivity contribution in [1.29, 1.82) is 0 Å². The number of hydrogen-bond acceptors (Lipinski definition) is 2. The second kappa shape index (κ2) is 3.15. The van der Waals surface area contributed by atoms with Crippen LogP contribution in [-0.4, -0.2) is 21.8 Å². The molecule has 0 amide bonds. The van der Waals surface area contributed by atoms with Crippen LogP contribution in [0.2, 0.25) is 0 Å². The predicted octanol–water partition coefficient (Wildman–Crippen LogP) is 1.99. The van der Waals surface area contributed by atoms with Gasteiger partial charge in [0, 0.05) is 21.8 Å². The molecule has 0 aromatic carbocycles. The first-order valence-corrected chi connectivity index (χ1v) is 4.99. The molecular formula is C4H7S3. The Labute approximate surface area is 58.2 Å². The molecule has 1 aliphatic heterocycles. The van der Waals surface area contributed by atoms with E-state index in [0.29, 0.717) is 0 Å². The first kappa shape index (κ1) is 6.17. The Kier molecular flexibility index (Phi) is 2.78. The zero-order valence-electron chi connectivity index (χ0n) is 3.92. The minimum absolute atomic E-state index is 0.792. The van der Waals surface area contributed by atoms with Crippen LogP contribution in [0.4, 0.5) is 0 Å². The maximum Gasteiger partial charge on any atom is 0.0395 e. The summed E-state index contributed by atoms with van der Waals surface area (Å²) in [6.45, 7) is 0. The van der Waals surface area contributed by atoms with Gasteiger partial charge in [0.1, 0.15) is 0 Å². The molecule has 7 heavy (non-hydrogen) atoms. The number of hydrogen-bond donors (Lipinski definition) is 0. The van der Waals surface area contributed by atoms with Gasteiger partial charge in [0.2, 0.25) is 0 Å². The van der Waals surface area contributed by atoms with Crippen molar-refractivity contribution in [2.45, 2.75) is 5.25 Å². The molecule has 1 radical (unpaired) electrons. The maximum atomic E-state index is 4.88. The van der Waals surface area contributed by atoms with Gasteiger partial charge >= 0.3 is 0 Å². The van der Waals surface area contributed by atoms with Crippen molar-refractivity contribution >= 4 is 36.2 Å². The Hall–Kier alpha value is 1.05. The minimum Gasteiger partial charge on any atom is -0.150 e. The van der Waals surface area contributed by atoms with Gasteiger partial charge in [0.25, 0.3) is 0 Å². The van der Waals surface area contributed by atoms with Crippen molar-refractivity contribution in [3.63, 3.8) is 0 Å². The molecule has 0 bridgehead atoms. The lowest BCUT2D eigenvalue weighted by molar-refractivity contribution is 1.17. The fourth-order valence-electron chi connectivity index (χ4n) is 0.468. The molecule has 41 valence electrons. The van der Waals surface area contributed by atoms with Crippen molar-refractivity contribution in [3.8, 4) is 0 Å². The normalized spacial score (nSPS) is 31.3. The van der Waals surface area contributed by atoms with Gasteiger partial charge in [-0.05, 0) is 0 Å². The molecule has 0 N–H and O–H groups in total. The van der Waals surface area contributed by atoms with Crippen LogP contribution in [0.3, 0.4) is 0 Å². The van der Waals surface area contributed by atoms with E-state index in [1.165, 1.54) is 10.8 Å². The summed E-state index contributed by atoms with van der Waals surface area (Å²) in [5, 5.41) is 2.06. The van der Waals surface area contributed by atoms with E-state index >= 15 is 0 Å². The molecule has 0 aromatic heterocycles. The predicted molar refractivity (Wildman–Crippen MR) is 41.2 cm³/mol. The summed E-state index contributed by atoms with van der Waals surface area (Å²) < 4.78 is 0. The molecular weight excluding hydrogens is 144 g/mol. The molecule has 1 atom stereocenters. The van der Waals surface area contributed by atoms with Gasteiger partial charge in [-0.15, -0.1) is 23.5 Å². The summed E-state index contributed by atoms with van der Waals surface area (Å²) >= 11 is 8.88. The molecule has 0 spiro atoms. The molecule has 1 rings (SSSR count). The van der Waals surface area contributed by atoms with E-state index in [1.807, 2.05) is 23.5 Å². The molecule has 1 heterocycles. The van der Waals surface area contributed by atoms with Gasteiger partial charge < -0.3 is 0 Å². The van der Waals surface area contributed by atoms with E-state index in [0.717, 1.165) is 11.0 Å². The van der Waals surface area contributed by atoms with Gasteiger partial charge in [-0.1, -0.05) is 12.6 Å². The highest BCUT2D eigenvalue weighted by atomic mass is 32.2. The van der Waals surface area contributed by atoms with Crippen molar-refractivity contribution < 1.29 is 0 Å². The third kappa shape index (κ3) is 1.78. The minimum atomic E-state index is 0.792. The lowest BCUT2D eigenvalue weighted by Gasteiger charge is -1.96. The summed E-state index contributed by atoms with van der Waals surface area (Å²) in [6.07, 6.45) is 0. The maximum absolute atomic E-state index is 4.88. The van der Waals surface area contributed by atoms with Gasteiger partial charge in [-0.25, -0.2) is 0 Å². The van der Waals surface area contributed by atoms with E-state index in [9.17, 15) is 0 Å². The van der Waals surface area contributed by atoms with Gasteiger partial charge in [0.05, 0.1) is 0 Å². The average Bonchev–Trinajstić information content (AvgIpc) is 2.14. The zero-order chi connectivity index (χ0) is 5.11. The van der Waals surface area contributed by atoms with Gasteiger partial charge in [-0.2, -0.15) is 0 Å². The Balaban J connectivity index is 2.14. The summed E-state index contributed by atoms with van der Waals surface area (Å²) in [7, 11) is 0. The fraction of sp³-hybridized carbons (Fsp3) is 1.00. The lowest BCUT2D eigenvalue weighted by atomic mass is 10.6. The van der Waals surface area contributed by atoms with Crippen LogP contribution >= 0.6 is 36.2 Å². The summed E-state index contributed by atoms with van der Waals surface area (Å²) in [5.41, 5.74) is 0. The highest BCUT2D eigenvalue weighted by Gasteiger charge is 2.13. The largest absolute Gasteiger partial charge is 0.150 e. The molecule has 0 saturated carbocycles. The standard InChI is InChI=1S/C4H7S3/c5-1-4-2-6-3-7-4/h4H,1-3H2. The Bertz CT molecular complexity index is 48.9. The first-order valence-electron chi connectivity index (χ1n) is 2.21. The number of thioether (sulfide) groups is 2. The van der Waals surface area contributed by atoms with Crippen molar-refractivity contribution in [3.05, 3.63) is 0 Å². The van der Waals surface area contributed by atoms with Gasteiger partial charge in [0.15, 0.2) is 0 Å². The topological polar surface area (TPSA) is 0 Å². The van der Waals surface area contributed by atoms with Crippen LogP contribution in [0.15, 0.2) is 0 Å². The molecule has 1 aliphatic rings. The molecule has 1 saturated heterocycles. The summed E-state index contributed by atoms with van der Waals surface area (Å²) in [4.78, 5) is 0. The zero-order valence-corrected chi connectivity index (χ0v) is 6.37. The Morgan fingerprint density at radius 3 is 2.86 bits per heavy atom. The van der Waals surface area contributed by atoms with E-state index < -0.39 is 0 Å². The van der Waals surface area contributed by atoms with Crippen molar-refractivity contribution in [2.24, 2.45) is 0 Å². The second-order valence-corrected chi connectivity index (χ2v) is 4.46. The van der Waals surface area contributed by atoms with E-state index in [4.69, 9.17) is 12.6 Å². The first-order chi connectivity index (χ1) is 3.43. The highest BCUT2D eigenvalue weighted by molar-refractivity contribution is 8.19. The van der Waals surface area contributed by atoms with E-state index in [1.54, 1.807) is 0 Å². The third-order valence-electron chi connectivity index (χ3n) is 0.877. The van der Waals surface area contributed by atoms with Crippen molar-refractivity contribution in [2.75, 3.05) is 16.6 Å². The smallest absolute Gasteiger partial charge is 0.0395 e. The van der Waals surface area contributed by atoms with Gasteiger partial charge in [-0.3, -0.25) is 0 Å². The Morgan fingerprint density at radius 2 is 2.57 bits per heavy atom. The Morgan fingerprint density at radius 1 is 1.71 bits per heavy atom.